The second kappa shape index (κ2) is 5.48. The molecule has 0 spiro atoms. The Hall–Kier alpha value is 0.170. The van der Waals surface area contributed by atoms with E-state index in [0.29, 0.717) is 0 Å². The molecule has 0 radical (unpaired) electrons. The molecule has 1 aliphatic carbocycles. The fourth-order valence-electron chi connectivity index (χ4n) is 1.92. The van der Waals surface area contributed by atoms with Crippen LogP contribution in [0.1, 0.15) is 23.7 Å². The van der Waals surface area contributed by atoms with Gasteiger partial charge in [0.15, 0.2) is 0 Å². The molecule has 2 rings (SSSR count). The van der Waals surface area contributed by atoms with Crippen molar-refractivity contribution in [3.63, 3.8) is 0 Å². The van der Waals surface area contributed by atoms with Crippen LogP contribution in [-0.4, -0.2) is 12.2 Å². The molecule has 0 aromatic heterocycles. The highest BCUT2D eigenvalue weighted by Gasteiger charge is 2.25. The second-order valence-corrected chi connectivity index (χ2v) is 6.33. The molecule has 0 N–H and O–H groups in total. The van der Waals surface area contributed by atoms with Crippen molar-refractivity contribution in [1.82, 2.24) is 0 Å². The molecule has 1 atom stereocenters. The Balaban J connectivity index is 2.07. The molecule has 4 heteroatoms. The molecule has 0 bridgehead atoms. The number of hydrogen-bond acceptors (Lipinski definition) is 3. The van der Waals surface area contributed by atoms with Crippen molar-refractivity contribution in [2.75, 3.05) is 12.2 Å². The average Bonchev–Trinajstić information content (AvgIpc) is 2.63. The second-order valence-electron chi connectivity index (χ2n) is 3.41. The molecule has 1 aromatic carbocycles. The third-order valence-corrected chi connectivity index (χ3v) is 4.37. The zero-order valence-electron chi connectivity index (χ0n) is 8.53. The summed E-state index contributed by atoms with van der Waals surface area (Å²) in [5, 5.41) is 0.851. The Labute approximate surface area is 103 Å². The van der Waals surface area contributed by atoms with Gasteiger partial charge in [0.05, 0.1) is 6.10 Å². The predicted molar refractivity (Wildman–Crippen MR) is 69.6 cm³/mol. The van der Waals surface area contributed by atoms with Crippen molar-refractivity contribution in [3.8, 4) is 0 Å². The van der Waals surface area contributed by atoms with Crippen LogP contribution in [0.2, 0.25) is 5.02 Å². The number of rotatable bonds is 4. The Kier molecular flexibility index (Phi) is 4.26. The van der Waals surface area contributed by atoms with Crippen LogP contribution in [0.25, 0.3) is 0 Å². The van der Waals surface area contributed by atoms with E-state index in [2.05, 4.69) is 12.3 Å². The molecule has 0 saturated heterocycles. The molecule has 82 valence electrons. The van der Waals surface area contributed by atoms with Crippen LogP contribution in [0.15, 0.2) is 18.2 Å². The molecule has 0 heterocycles. The minimum atomic E-state index is 0.202. The zero-order valence-corrected chi connectivity index (χ0v) is 10.9. The van der Waals surface area contributed by atoms with Gasteiger partial charge < -0.3 is 4.74 Å². The molecule has 0 fully saturated rings. The molecule has 0 amide bonds. The van der Waals surface area contributed by atoms with Gasteiger partial charge in [-0.1, -0.05) is 45.3 Å². The average molecular weight is 261 g/mol. The molecular formula is C11H13ClOS2. The Morgan fingerprint density at radius 2 is 2.40 bits per heavy atom. The highest BCUT2D eigenvalue weighted by molar-refractivity contribution is 8.76. The lowest BCUT2D eigenvalue weighted by Gasteiger charge is -2.13. The van der Waals surface area contributed by atoms with Gasteiger partial charge >= 0.3 is 0 Å². The summed E-state index contributed by atoms with van der Waals surface area (Å²) in [6.45, 7) is 0. The number of aryl methyl sites for hydroxylation is 1. The quantitative estimate of drug-likeness (QED) is 0.454. The van der Waals surface area contributed by atoms with Gasteiger partial charge in [0, 0.05) is 10.6 Å². The maximum Gasteiger partial charge on any atom is 0.103 e. The summed E-state index contributed by atoms with van der Waals surface area (Å²) in [5.41, 5.74) is 2.56. The van der Waals surface area contributed by atoms with Gasteiger partial charge in [-0.2, -0.15) is 0 Å². The van der Waals surface area contributed by atoms with E-state index in [0.717, 1.165) is 23.8 Å². The smallest absolute Gasteiger partial charge is 0.103 e. The van der Waals surface area contributed by atoms with Crippen molar-refractivity contribution < 1.29 is 4.74 Å². The van der Waals surface area contributed by atoms with Crippen molar-refractivity contribution in [2.45, 2.75) is 18.9 Å². The largest absolute Gasteiger partial charge is 0.362 e. The van der Waals surface area contributed by atoms with Crippen molar-refractivity contribution in [3.05, 3.63) is 34.3 Å². The molecule has 0 saturated carbocycles. The van der Waals surface area contributed by atoms with Crippen LogP contribution >= 0.6 is 33.2 Å². The molecule has 15 heavy (non-hydrogen) atoms. The summed E-state index contributed by atoms with van der Waals surface area (Å²) in [6, 6.07) is 6.11. The lowest BCUT2D eigenvalue weighted by Crippen LogP contribution is -1.99. The standard InChI is InChI=1S/C11H13ClOS2/c1-14-15-7-13-10-6-5-8-3-2-4-9(12)11(8)10/h2-4,10H,5-7H2,1H3. The third kappa shape index (κ3) is 2.64. The number of halogens is 1. The number of ether oxygens (including phenoxy) is 1. The first-order valence-corrected chi connectivity index (χ1v) is 7.98. The van der Waals surface area contributed by atoms with Gasteiger partial charge in [0.25, 0.3) is 0 Å². The SMILES string of the molecule is CSSCOC1CCc2cccc(Cl)c21. The van der Waals surface area contributed by atoms with E-state index in [-0.39, 0.29) is 6.10 Å². The predicted octanol–water partition coefficient (Wildman–Crippen LogP) is 4.31. The van der Waals surface area contributed by atoms with E-state index in [9.17, 15) is 0 Å². The first-order chi connectivity index (χ1) is 7.33. The Morgan fingerprint density at radius 1 is 1.53 bits per heavy atom. The first-order valence-electron chi connectivity index (χ1n) is 4.87. The van der Waals surface area contributed by atoms with Crippen LogP contribution < -0.4 is 0 Å². The molecule has 1 aromatic rings. The monoisotopic (exact) mass is 260 g/mol. The van der Waals surface area contributed by atoms with Gasteiger partial charge in [0.1, 0.15) is 5.94 Å². The van der Waals surface area contributed by atoms with E-state index < -0.39 is 0 Å². The van der Waals surface area contributed by atoms with Crippen molar-refractivity contribution >= 4 is 33.2 Å². The molecule has 1 aliphatic rings. The Morgan fingerprint density at radius 3 is 3.20 bits per heavy atom. The van der Waals surface area contributed by atoms with E-state index in [4.69, 9.17) is 16.3 Å². The van der Waals surface area contributed by atoms with Crippen molar-refractivity contribution in [1.29, 1.82) is 0 Å². The van der Waals surface area contributed by atoms with Gasteiger partial charge in [0.2, 0.25) is 0 Å². The summed E-state index contributed by atoms with van der Waals surface area (Å²) in [7, 11) is 3.46. The van der Waals surface area contributed by atoms with Crippen molar-refractivity contribution in [2.24, 2.45) is 0 Å². The van der Waals surface area contributed by atoms with Crippen LogP contribution in [0.5, 0.6) is 0 Å². The fraction of sp³-hybridized carbons (Fsp3) is 0.455. The molecule has 1 unspecified atom stereocenters. The van der Waals surface area contributed by atoms with Gasteiger partial charge in [-0.05, 0) is 30.7 Å². The van der Waals surface area contributed by atoms with E-state index in [1.807, 2.05) is 12.1 Å². The number of hydrogen-bond donors (Lipinski definition) is 0. The van der Waals surface area contributed by atoms with Gasteiger partial charge in [-0.25, -0.2) is 0 Å². The summed E-state index contributed by atoms with van der Waals surface area (Å²) < 4.78 is 5.81. The summed E-state index contributed by atoms with van der Waals surface area (Å²) in [5.74, 6) is 0.733. The van der Waals surface area contributed by atoms with Crippen LogP contribution in [0.3, 0.4) is 0 Å². The minimum absolute atomic E-state index is 0.202. The zero-order chi connectivity index (χ0) is 10.7. The minimum Gasteiger partial charge on any atom is -0.362 e. The first kappa shape index (κ1) is 11.6. The maximum atomic E-state index is 6.19. The number of fused-ring (bicyclic) bond motifs is 1. The lowest BCUT2D eigenvalue weighted by molar-refractivity contribution is 0.0927. The van der Waals surface area contributed by atoms with E-state index >= 15 is 0 Å². The van der Waals surface area contributed by atoms with Gasteiger partial charge in [-0.15, -0.1) is 0 Å². The van der Waals surface area contributed by atoms with Crippen LogP contribution in [0.4, 0.5) is 0 Å². The topological polar surface area (TPSA) is 9.23 Å². The fourth-order valence-corrected chi connectivity index (χ4v) is 3.00. The van der Waals surface area contributed by atoms with Crippen LogP contribution in [0, 0.1) is 0 Å². The summed E-state index contributed by atoms with van der Waals surface area (Å²) in [6.07, 6.45) is 4.41. The van der Waals surface area contributed by atoms with E-state index in [1.54, 1.807) is 21.6 Å². The highest BCUT2D eigenvalue weighted by Crippen LogP contribution is 2.39. The highest BCUT2D eigenvalue weighted by atomic mass is 35.5. The molecule has 1 nitrogen and oxygen atoms in total. The Bertz CT molecular complexity index is 343. The molecular weight excluding hydrogens is 248 g/mol. The third-order valence-electron chi connectivity index (χ3n) is 2.58. The summed E-state index contributed by atoms with van der Waals surface area (Å²) in [4.78, 5) is 0. The normalized spacial score (nSPS) is 19.2. The number of benzene rings is 1. The molecule has 0 aliphatic heterocycles. The maximum absolute atomic E-state index is 6.19. The lowest BCUT2D eigenvalue weighted by atomic mass is 10.1. The summed E-state index contributed by atoms with van der Waals surface area (Å²) >= 11 is 6.19. The van der Waals surface area contributed by atoms with Gasteiger partial charge in [-0.3, -0.25) is 0 Å². The van der Waals surface area contributed by atoms with Crippen LogP contribution in [-0.2, 0) is 11.2 Å². The van der Waals surface area contributed by atoms with E-state index in [1.165, 1.54) is 11.1 Å².